The van der Waals surface area contributed by atoms with Crippen molar-refractivity contribution in [2.45, 2.75) is 39.3 Å². The maximum absolute atomic E-state index is 12.5. The molecule has 1 atom stereocenters. The molecule has 0 radical (unpaired) electrons. The number of amides is 1. The number of benzene rings is 1. The Morgan fingerprint density at radius 2 is 2.25 bits per heavy atom. The van der Waals surface area contributed by atoms with Crippen molar-refractivity contribution in [1.29, 1.82) is 0 Å². The molecule has 0 fully saturated rings. The Bertz CT molecular complexity index is 634. The minimum Gasteiger partial charge on any atom is -0.331 e. The van der Waals surface area contributed by atoms with Crippen LogP contribution in [0, 0.1) is 6.92 Å². The van der Waals surface area contributed by atoms with E-state index in [1.165, 1.54) is 11.1 Å². The van der Waals surface area contributed by atoms with Crippen LogP contribution in [0.25, 0.3) is 0 Å². The van der Waals surface area contributed by atoms with Crippen molar-refractivity contribution in [3.8, 4) is 0 Å². The van der Waals surface area contributed by atoms with Gasteiger partial charge in [0.1, 0.15) is 5.82 Å². The fourth-order valence-corrected chi connectivity index (χ4v) is 2.87. The van der Waals surface area contributed by atoms with E-state index >= 15 is 0 Å². The predicted octanol–water partition coefficient (Wildman–Crippen LogP) is 2.15. The number of hydrogen-bond acceptors (Lipinski definition) is 3. The Morgan fingerprint density at radius 1 is 1.45 bits per heavy atom. The highest BCUT2D eigenvalue weighted by Crippen LogP contribution is 2.35. The molecule has 0 saturated carbocycles. The van der Waals surface area contributed by atoms with Gasteiger partial charge in [0, 0.05) is 6.54 Å². The van der Waals surface area contributed by atoms with Crippen LogP contribution in [0.1, 0.15) is 42.2 Å². The van der Waals surface area contributed by atoms with Crippen LogP contribution in [0.5, 0.6) is 0 Å². The van der Waals surface area contributed by atoms with Gasteiger partial charge in [-0.1, -0.05) is 31.2 Å². The molecule has 0 saturated heterocycles. The third-order valence-electron chi connectivity index (χ3n) is 3.79. The number of H-pyrrole nitrogens is 1. The second kappa shape index (κ2) is 5.07. The molecule has 1 aliphatic rings. The molecule has 5 nitrogen and oxygen atoms in total. The smallest absolute Gasteiger partial charge is 0.231 e. The summed E-state index contributed by atoms with van der Waals surface area (Å²) in [4.78, 5) is 18.6. The molecule has 1 amide bonds. The largest absolute Gasteiger partial charge is 0.331 e. The molecule has 2 heterocycles. The number of hydrogen-bond donors (Lipinski definition) is 1. The van der Waals surface area contributed by atoms with E-state index in [2.05, 4.69) is 34.2 Å². The van der Waals surface area contributed by atoms with Gasteiger partial charge in [-0.05, 0) is 24.5 Å². The van der Waals surface area contributed by atoms with Crippen molar-refractivity contribution in [2.24, 2.45) is 0 Å². The number of aromatic amines is 1. The van der Waals surface area contributed by atoms with Gasteiger partial charge >= 0.3 is 0 Å². The van der Waals surface area contributed by atoms with E-state index in [9.17, 15) is 4.79 Å². The highest BCUT2D eigenvalue weighted by Gasteiger charge is 2.32. The second-order valence-electron chi connectivity index (χ2n) is 5.16. The Balaban J connectivity index is 1.79. The molecular weight excluding hydrogens is 252 g/mol. The first-order chi connectivity index (χ1) is 9.69. The third-order valence-corrected chi connectivity index (χ3v) is 3.79. The number of nitrogens with zero attached hydrogens (tertiary/aromatic N) is 3. The van der Waals surface area contributed by atoms with E-state index in [-0.39, 0.29) is 18.4 Å². The molecule has 1 aliphatic heterocycles. The quantitative estimate of drug-likeness (QED) is 0.929. The molecule has 5 heteroatoms. The lowest BCUT2D eigenvalue weighted by Gasteiger charge is -2.23. The minimum absolute atomic E-state index is 0.0899. The van der Waals surface area contributed by atoms with E-state index in [4.69, 9.17) is 0 Å². The minimum atomic E-state index is 0.0899. The van der Waals surface area contributed by atoms with Gasteiger partial charge in [0.2, 0.25) is 5.91 Å². The van der Waals surface area contributed by atoms with Gasteiger partial charge in [-0.2, -0.15) is 5.10 Å². The summed E-state index contributed by atoms with van der Waals surface area (Å²) >= 11 is 0. The van der Waals surface area contributed by atoms with Gasteiger partial charge in [-0.25, -0.2) is 4.98 Å². The molecule has 104 valence electrons. The molecule has 20 heavy (non-hydrogen) atoms. The molecule has 0 spiro atoms. The van der Waals surface area contributed by atoms with Crippen molar-refractivity contribution in [3.05, 3.63) is 47.0 Å². The summed E-state index contributed by atoms with van der Waals surface area (Å²) in [6, 6.07) is 8.46. The number of aromatic nitrogens is 3. The Labute approximate surface area is 118 Å². The SMILES string of the molecule is CCC1c2ccccc2CN1C(=O)Cc1n[nH]c(C)n1. The standard InChI is InChI=1S/C15H18N4O/c1-3-13-12-7-5-4-6-11(12)9-19(13)15(20)8-14-16-10(2)17-18-14/h4-7,13H,3,8-9H2,1-2H3,(H,16,17,18). The zero-order valence-corrected chi connectivity index (χ0v) is 11.8. The number of carbonyl (C=O) groups excluding carboxylic acids is 1. The van der Waals surface area contributed by atoms with Crippen LogP contribution < -0.4 is 0 Å². The first-order valence-electron chi connectivity index (χ1n) is 6.94. The Kier molecular flexibility index (Phi) is 3.26. The average Bonchev–Trinajstić information content (AvgIpc) is 3.01. The number of nitrogens with one attached hydrogen (secondary N) is 1. The fourth-order valence-electron chi connectivity index (χ4n) is 2.87. The number of rotatable bonds is 3. The number of carbonyl (C=O) groups is 1. The van der Waals surface area contributed by atoms with Crippen molar-refractivity contribution in [1.82, 2.24) is 20.1 Å². The number of fused-ring (bicyclic) bond motifs is 1. The van der Waals surface area contributed by atoms with E-state index in [1.807, 2.05) is 24.0 Å². The van der Waals surface area contributed by atoms with Gasteiger partial charge in [0.15, 0.2) is 5.82 Å². The van der Waals surface area contributed by atoms with Crippen LogP contribution >= 0.6 is 0 Å². The van der Waals surface area contributed by atoms with Crippen LogP contribution in [0.2, 0.25) is 0 Å². The summed E-state index contributed by atoms with van der Waals surface area (Å²) < 4.78 is 0. The summed E-state index contributed by atoms with van der Waals surface area (Å²) in [5.74, 6) is 1.40. The first-order valence-corrected chi connectivity index (χ1v) is 6.94. The molecule has 0 aliphatic carbocycles. The second-order valence-corrected chi connectivity index (χ2v) is 5.16. The lowest BCUT2D eigenvalue weighted by molar-refractivity contribution is -0.133. The first kappa shape index (κ1) is 12.8. The van der Waals surface area contributed by atoms with E-state index in [0.29, 0.717) is 12.4 Å². The summed E-state index contributed by atoms with van der Waals surface area (Å²) in [7, 11) is 0. The van der Waals surface area contributed by atoms with Gasteiger partial charge in [0.05, 0.1) is 12.5 Å². The lowest BCUT2D eigenvalue weighted by atomic mass is 10.0. The lowest BCUT2D eigenvalue weighted by Crippen LogP contribution is -2.31. The van der Waals surface area contributed by atoms with Gasteiger partial charge in [-0.15, -0.1) is 0 Å². The maximum atomic E-state index is 12.5. The van der Waals surface area contributed by atoms with Crippen LogP contribution in [-0.2, 0) is 17.8 Å². The highest BCUT2D eigenvalue weighted by molar-refractivity contribution is 5.79. The third kappa shape index (κ3) is 2.19. The van der Waals surface area contributed by atoms with Crippen molar-refractivity contribution >= 4 is 5.91 Å². The topological polar surface area (TPSA) is 61.9 Å². The zero-order valence-electron chi connectivity index (χ0n) is 11.8. The molecule has 3 rings (SSSR count). The summed E-state index contributed by atoms with van der Waals surface area (Å²) in [5, 5.41) is 6.82. The summed E-state index contributed by atoms with van der Waals surface area (Å²) in [6.45, 7) is 4.64. The number of aryl methyl sites for hydroxylation is 1. The Morgan fingerprint density at radius 3 is 2.95 bits per heavy atom. The predicted molar refractivity (Wildman–Crippen MR) is 74.8 cm³/mol. The molecule has 1 unspecified atom stereocenters. The van der Waals surface area contributed by atoms with E-state index in [0.717, 1.165) is 12.2 Å². The molecule has 1 aromatic carbocycles. The summed E-state index contributed by atoms with van der Waals surface area (Å²) in [6.07, 6.45) is 1.19. The van der Waals surface area contributed by atoms with Gasteiger partial charge in [-0.3, -0.25) is 9.89 Å². The fraction of sp³-hybridized carbons (Fsp3) is 0.400. The summed E-state index contributed by atoms with van der Waals surface area (Å²) in [5.41, 5.74) is 2.52. The molecule has 2 aromatic rings. The van der Waals surface area contributed by atoms with Crippen molar-refractivity contribution < 1.29 is 4.79 Å². The van der Waals surface area contributed by atoms with E-state index in [1.54, 1.807) is 0 Å². The van der Waals surface area contributed by atoms with Gasteiger partial charge in [0.25, 0.3) is 0 Å². The zero-order chi connectivity index (χ0) is 14.1. The van der Waals surface area contributed by atoms with Crippen molar-refractivity contribution in [3.63, 3.8) is 0 Å². The maximum Gasteiger partial charge on any atom is 0.231 e. The highest BCUT2D eigenvalue weighted by atomic mass is 16.2. The monoisotopic (exact) mass is 270 g/mol. The van der Waals surface area contributed by atoms with Crippen LogP contribution in [-0.4, -0.2) is 26.0 Å². The molecule has 1 aromatic heterocycles. The molecular formula is C15H18N4O. The average molecular weight is 270 g/mol. The Hall–Kier alpha value is -2.17. The molecule has 0 bridgehead atoms. The van der Waals surface area contributed by atoms with Crippen molar-refractivity contribution in [2.75, 3.05) is 0 Å². The normalized spacial score (nSPS) is 17.3. The van der Waals surface area contributed by atoms with Crippen LogP contribution in [0.4, 0.5) is 0 Å². The molecule has 1 N–H and O–H groups in total. The van der Waals surface area contributed by atoms with Gasteiger partial charge < -0.3 is 4.90 Å². The van der Waals surface area contributed by atoms with Crippen LogP contribution in [0.3, 0.4) is 0 Å². The van der Waals surface area contributed by atoms with Crippen LogP contribution in [0.15, 0.2) is 24.3 Å². The van der Waals surface area contributed by atoms with E-state index < -0.39 is 0 Å².